The van der Waals surface area contributed by atoms with E-state index in [4.69, 9.17) is 4.98 Å². The second-order valence-corrected chi connectivity index (χ2v) is 16.7. The summed E-state index contributed by atoms with van der Waals surface area (Å²) in [4.78, 5) is 24.7. The quantitative estimate of drug-likeness (QED) is 0.113. The first-order chi connectivity index (χ1) is 22.4. The Morgan fingerprint density at radius 1 is 0.938 bits per heavy atom. The summed E-state index contributed by atoms with van der Waals surface area (Å²) >= 11 is 0. The summed E-state index contributed by atoms with van der Waals surface area (Å²) in [5.74, 6) is 1.02. The van der Waals surface area contributed by atoms with E-state index < -0.39 is 15.4 Å². The van der Waals surface area contributed by atoms with Crippen molar-refractivity contribution < 1.29 is 13.2 Å². The van der Waals surface area contributed by atoms with Crippen molar-refractivity contribution in [3.05, 3.63) is 82.7 Å². The van der Waals surface area contributed by atoms with Gasteiger partial charge in [-0.25, -0.2) is 8.42 Å². The molecule has 0 aliphatic carbocycles. The number of aromatic amines is 1. The van der Waals surface area contributed by atoms with Crippen molar-refractivity contribution in [1.82, 2.24) is 20.2 Å². The van der Waals surface area contributed by atoms with Crippen LogP contribution in [-0.4, -0.2) is 61.6 Å². The molecule has 0 fully saturated rings. The van der Waals surface area contributed by atoms with Crippen molar-refractivity contribution in [3.63, 3.8) is 0 Å². The molecule has 260 valence electrons. The second kappa shape index (κ2) is 15.2. The molecule has 0 aliphatic rings. The highest BCUT2D eigenvalue weighted by Crippen LogP contribution is 2.38. The minimum absolute atomic E-state index is 0.109. The Kier molecular flexibility index (Phi) is 11.8. The Balaban J connectivity index is 1.64. The lowest BCUT2D eigenvalue weighted by Gasteiger charge is -2.34. The molecular formula is C39H55N5O3S. The maximum atomic E-state index is 14.1. The van der Waals surface area contributed by atoms with Crippen LogP contribution in [0.4, 0.5) is 5.69 Å². The molecule has 8 nitrogen and oxygen atoms in total. The van der Waals surface area contributed by atoms with Crippen LogP contribution in [0.1, 0.15) is 82.3 Å². The molecule has 0 bridgehead atoms. The molecule has 0 saturated heterocycles. The lowest BCUT2D eigenvalue weighted by molar-refractivity contribution is -0.137. The molecule has 1 atom stereocenters. The molecule has 0 saturated carbocycles. The number of hydrogen-bond acceptors (Lipinski definition) is 5. The van der Waals surface area contributed by atoms with E-state index >= 15 is 0 Å². The highest BCUT2D eigenvalue weighted by atomic mass is 32.2. The number of rotatable bonds is 15. The van der Waals surface area contributed by atoms with Gasteiger partial charge in [0.05, 0.1) is 34.8 Å². The van der Waals surface area contributed by atoms with Gasteiger partial charge in [-0.05, 0) is 105 Å². The number of nitrogens with zero attached hydrogens (tertiary/aromatic N) is 2. The number of sulfonamides is 1. The van der Waals surface area contributed by atoms with E-state index in [9.17, 15) is 13.2 Å². The molecule has 0 aliphatic heterocycles. The molecule has 0 radical (unpaired) electrons. The number of carbonyl (C=O) groups is 1. The molecular weight excluding hydrogens is 619 g/mol. The molecule has 2 aromatic carbocycles. The largest absolute Gasteiger partial charge is 0.353 e. The van der Waals surface area contributed by atoms with Crippen LogP contribution in [0.3, 0.4) is 0 Å². The van der Waals surface area contributed by atoms with Gasteiger partial charge in [0.25, 0.3) is 0 Å². The molecule has 4 rings (SSSR count). The zero-order chi connectivity index (χ0) is 35.4. The van der Waals surface area contributed by atoms with Gasteiger partial charge in [-0.2, -0.15) is 0 Å². The van der Waals surface area contributed by atoms with Gasteiger partial charge in [0, 0.05) is 30.7 Å². The van der Waals surface area contributed by atoms with Gasteiger partial charge >= 0.3 is 0 Å². The average molecular weight is 674 g/mol. The Hall–Kier alpha value is -3.69. The maximum Gasteiger partial charge on any atom is 0.234 e. The first-order valence-corrected chi connectivity index (χ1v) is 19.0. The zero-order valence-electron chi connectivity index (χ0n) is 30.5. The van der Waals surface area contributed by atoms with E-state index in [1.807, 2.05) is 37.1 Å². The van der Waals surface area contributed by atoms with Crippen LogP contribution < -0.4 is 10.0 Å². The summed E-state index contributed by atoms with van der Waals surface area (Å²) in [6, 6.07) is 16.3. The number of hydrogen-bond donors (Lipinski definition) is 3. The number of nitrogens with one attached hydrogen (secondary N) is 3. The fraction of sp³-hybridized carbons (Fsp3) is 0.487. The van der Waals surface area contributed by atoms with E-state index in [2.05, 4.69) is 87.8 Å². The molecule has 0 spiro atoms. The van der Waals surface area contributed by atoms with E-state index in [1.54, 1.807) is 12.1 Å². The molecule has 1 amide bonds. The molecule has 48 heavy (non-hydrogen) atoms. The molecule has 2 aromatic heterocycles. The first-order valence-electron chi connectivity index (χ1n) is 17.1. The van der Waals surface area contributed by atoms with E-state index in [1.165, 1.54) is 16.7 Å². The summed E-state index contributed by atoms with van der Waals surface area (Å²) in [6.07, 6.45) is 3.86. The standard InChI is InChI=1S/C39H55N5O3S/c1-25(2)23-44(24-26(3)4)38(45)39(8,9)35-20-33-34(22-41-35)42-37(31-18-27(5)17-28(6)19-31)36(33)29(7)21-40-16-15-30-11-13-32(14-12-30)43-48(10,46)47/h11-14,17-20,22,25-26,29,40,42-43H,15-16,21,23-24H2,1-10H3. The minimum Gasteiger partial charge on any atom is -0.353 e. The van der Waals surface area contributed by atoms with Crippen LogP contribution >= 0.6 is 0 Å². The number of H-pyrrole nitrogens is 1. The van der Waals surface area contributed by atoms with Gasteiger partial charge in [-0.15, -0.1) is 0 Å². The van der Waals surface area contributed by atoms with Crippen LogP contribution in [0.2, 0.25) is 0 Å². The predicted molar refractivity (Wildman–Crippen MR) is 200 cm³/mol. The lowest BCUT2D eigenvalue weighted by atomic mass is 9.85. The van der Waals surface area contributed by atoms with Crippen LogP contribution in [0.15, 0.2) is 54.7 Å². The van der Waals surface area contributed by atoms with Crippen LogP contribution in [-0.2, 0) is 26.7 Å². The first kappa shape index (κ1) is 37.1. The number of amides is 1. The van der Waals surface area contributed by atoms with Gasteiger partial charge in [-0.1, -0.05) is 63.9 Å². The van der Waals surface area contributed by atoms with E-state index in [0.717, 1.165) is 72.3 Å². The summed E-state index contributed by atoms with van der Waals surface area (Å²) in [5, 5.41) is 4.75. The highest BCUT2D eigenvalue weighted by molar-refractivity contribution is 7.92. The Morgan fingerprint density at radius 3 is 2.10 bits per heavy atom. The van der Waals surface area contributed by atoms with Crippen LogP contribution in [0, 0.1) is 25.7 Å². The van der Waals surface area contributed by atoms with Gasteiger partial charge < -0.3 is 15.2 Å². The third-order valence-electron chi connectivity index (χ3n) is 8.66. The molecule has 3 N–H and O–H groups in total. The van der Waals surface area contributed by atoms with E-state index in [0.29, 0.717) is 17.5 Å². The van der Waals surface area contributed by atoms with Crippen molar-refractivity contribution >= 4 is 32.5 Å². The Morgan fingerprint density at radius 2 is 1.54 bits per heavy atom. The molecule has 9 heteroatoms. The van der Waals surface area contributed by atoms with E-state index in [-0.39, 0.29) is 11.8 Å². The van der Waals surface area contributed by atoms with Gasteiger partial charge in [-0.3, -0.25) is 14.5 Å². The topological polar surface area (TPSA) is 107 Å². The number of benzene rings is 2. The Bertz CT molecular complexity index is 1790. The summed E-state index contributed by atoms with van der Waals surface area (Å²) in [7, 11) is -3.30. The minimum atomic E-state index is -3.30. The van der Waals surface area contributed by atoms with Crippen LogP contribution in [0.25, 0.3) is 22.2 Å². The van der Waals surface area contributed by atoms with Crippen molar-refractivity contribution in [2.24, 2.45) is 11.8 Å². The average Bonchev–Trinajstić information content (AvgIpc) is 3.37. The number of aryl methyl sites for hydroxylation is 2. The lowest BCUT2D eigenvalue weighted by Crippen LogP contribution is -2.46. The third kappa shape index (κ3) is 9.47. The highest BCUT2D eigenvalue weighted by Gasteiger charge is 2.36. The fourth-order valence-electron chi connectivity index (χ4n) is 6.55. The van der Waals surface area contributed by atoms with Crippen molar-refractivity contribution in [3.8, 4) is 11.3 Å². The number of aromatic nitrogens is 2. The Labute approximate surface area is 288 Å². The molecule has 2 heterocycles. The number of carbonyl (C=O) groups excluding carboxylic acids is 1. The van der Waals surface area contributed by atoms with Crippen molar-refractivity contribution in [1.29, 1.82) is 0 Å². The number of pyridine rings is 1. The van der Waals surface area contributed by atoms with Gasteiger partial charge in [0.15, 0.2) is 0 Å². The number of anilines is 1. The van der Waals surface area contributed by atoms with Gasteiger partial charge in [0.2, 0.25) is 15.9 Å². The fourth-order valence-corrected chi connectivity index (χ4v) is 7.11. The smallest absolute Gasteiger partial charge is 0.234 e. The van der Waals surface area contributed by atoms with Crippen LogP contribution in [0.5, 0.6) is 0 Å². The maximum absolute atomic E-state index is 14.1. The summed E-state index contributed by atoms with van der Waals surface area (Å²) in [5.41, 5.74) is 8.50. The summed E-state index contributed by atoms with van der Waals surface area (Å²) < 4.78 is 25.6. The third-order valence-corrected chi connectivity index (χ3v) is 9.26. The SMILES string of the molecule is Cc1cc(C)cc(-c2[nH]c3cnc(C(C)(C)C(=O)N(CC(C)C)CC(C)C)cc3c2C(C)CNCCc2ccc(NS(C)(=O)=O)cc2)c1. The predicted octanol–water partition coefficient (Wildman–Crippen LogP) is 7.57. The zero-order valence-corrected chi connectivity index (χ0v) is 31.3. The van der Waals surface area contributed by atoms with Gasteiger partial charge in [0.1, 0.15) is 0 Å². The van der Waals surface area contributed by atoms with Crippen molar-refractivity contribution in [2.75, 3.05) is 37.2 Å². The normalized spacial score (nSPS) is 13.0. The number of fused-ring (bicyclic) bond motifs is 1. The molecule has 4 aromatic rings. The summed E-state index contributed by atoms with van der Waals surface area (Å²) in [6.45, 7) is 22.1. The second-order valence-electron chi connectivity index (χ2n) is 15.0. The molecule has 1 unspecified atom stereocenters. The van der Waals surface area contributed by atoms with Crippen molar-refractivity contribution in [2.45, 2.75) is 80.1 Å². The monoisotopic (exact) mass is 673 g/mol.